The Morgan fingerprint density at radius 2 is 2.00 bits per heavy atom. The topological polar surface area (TPSA) is 79.1 Å². The maximum Gasteiger partial charge on any atom is 0.323 e. The average Bonchev–Trinajstić information content (AvgIpc) is 2.97. The number of aromatic amines is 2. The van der Waals surface area contributed by atoms with Crippen LogP contribution in [0.25, 0.3) is 11.0 Å². The number of hydrogen-bond acceptors (Lipinski definition) is 4. The third kappa shape index (κ3) is 2.80. The van der Waals surface area contributed by atoms with E-state index in [9.17, 15) is 4.79 Å². The highest BCUT2D eigenvalue weighted by molar-refractivity contribution is 5.84. The lowest BCUT2D eigenvalue weighted by molar-refractivity contribution is 0.0920. The maximum atomic E-state index is 11.5. The van der Waals surface area contributed by atoms with Crippen LogP contribution in [0.5, 0.6) is 11.5 Å². The van der Waals surface area contributed by atoms with E-state index in [4.69, 9.17) is 9.47 Å². The van der Waals surface area contributed by atoms with Crippen LogP contribution < -0.4 is 20.5 Å². The van der Waals surface area contributed by atoms with Crippen molar-refractivity contribution < 1.29 is 9.47 Å². The summed E-state index contributed by atoms with van der Waals surface area (Å²) in [6.45, 7) is 1.92. The van der Waals surface area contributed by atoms with E-state index in [-0.39, 0.29) is 11.8 Å². The molecule has 6 nitrogen and oxygen atoms in total. The van der Waals surface area contributed by atoms with E-state index < -0.39 is 0 Å². The van der Waals surface area contributed by atoms with E-state index in [1.807, 2.05) is 30.3 Å². The van der Waals surface area contributed by atoms with Gasteiger partial charge in [-0.25, -0.2) is 4.79 Å². The van der Waals surface area contributed by atoms with Gasteiger partial charge < -0.3 is 24.8 Å². The standard InChI is InChI=1S/C17H17N3O3/c21-17-19-13-6-7-14-16(15(13)20-17)23-12(10-22-14)9-18-8-11-4-2-1-3-5-11/h1-7,12,18H,8-10H2,(H2,19,20,21). The summed E-state index contributed by atoms with van der Waals surface area (Å²) < 4.78 is 11.8. The molecule has 0 fully saturated rings. The smallest absolute Gasteiger partial charge is 0.323 e. The van der Waals surface area contributed by atoms with Crippen LogP contribution in [0.3, 0.4) is 0 Å². The van der Waals surface area contributed by atoms with Crippen molar-refractivity contribution in [3.8, 4) is 11.5 Å². The molecule has 0 radical (unpaired) electrons. The van der Waals surface area contributed by atoms with Gasteiger partial charge in [-0.05, 0) is 17.7 Å². The lowest BCUT2D eigenvalue weighted by atomic mass is 10.2. The highest BCUT2D eigenvalue weighted by atomic mass is 16.6. The first-order chi connectivity index (χ1) is 11.3. The molecule has 0 amide bonds. The number of ether oxygens (including phenoxy) is 2. The molecule has 3 aromatic rings. The molecule has 3 N–H and O–H groups in total. The Morgan fingerprint density at radius 3 is 2.87 bits per heavy atom. The van der Waals surface area contributed by atoms with Crippen LogP contribution in [-0.2, 0) is 6.54 Å². The number of hydrogen-bond donors (Lipinski definition) is 3. The molecule has 2 heterocycles. The van der Waals surface area contributed by atoms with Crippen molar-refractivity contribution in [2.75, 3.05) is 13.2 Å². The van der Waals surface area contributed by atoms with E-state index >= 15 is 0 Å². The van der Waals surface area contributed by atoms with Gasteiger partial charge >= 0.3 is 5.69 Å². The molecule has 0 saturated carbocycles. The number of H-pyrrole nitrogens is 2. The summed E-state index contributed by atoms with van der Waals surface area (Å²) in [7, 11) is 0. The van der Waals surface area contributed by atoms with Gasteiger partial charge in [-0.3, -0.25) is 0 Å². The summed E-state index contributed by atoms with van der Waals surface area (Å²) in [5.74, 6) is 1.26. The molecular formula is C17H17N3O3. The summed E-state index contributed by atoms with van der Waals surface area (Å²) in [5, 5.41) is 3.37. The van der Waals surface area contributed by atoms with Crippen molar-refractivity contribution >= 4 is 11.0 Å². The van der Waals surface area contributed by atoms with Crippen LogP contribution in [0.4, 0.5) is 0 Å². The Hall–Kier alpha value is -2.73. The van der Waals surface area contributed by atoms with Crippen molar-refractivity contribution in [2.24, 2.45) is 0 Å². The average molecular weight is 311 g/mol. The van der Waals surface area contributed by atoms with Crippen molar-refractivity contribution in [1.29, 1.82) is 0 Å². The lowest BCUT2D eigenvalue weighted by Gasteiger charge is -2.27. The fourth-order valence-corrected chi connectivity index (χ4v) is 2.75. The van der Waals surface area contributed by atoms with Gasteiger partial charge in [0.1, 0.15) is 18.2 Å². The second-order valence-corrected chi connectivity index (χ2v) is 5.56. The Morgan fingerprint density at radius 1 is 1.13 bits per heavy atom. The fourth-order valence-electron chi connectivity index (χ4n) is 2.75. The third-order valence-electron chi connectivity index (χ3n) is 3.86. The Bertz CT molecular complexity index is 870. The Kier molecular flexibility index (Phi) is 3.51. The molecule has 23 heavy (non-hydrogen) atoms. The van der Waals surface area contributed by atoms with Gasteiger partial charge in [0.15, 0.2) is 11.5 Å². The van der Waals surface area contributed by atoms with Crippen LogP contribution in [0.15, 0.2) is 47.3 Å². The zero-order valence-electron chi connectivity index (χ0n) is 12.5. The van der Waals surface area contributed by atoms with E-state index in [2.05, 4.69) is 27.4 Å². The highest BCUT2D eigenvalue weighted by Crippen LogP contribution is 2.36. The molecule has 118 valence electrons. The van der Waals surface area contributed by atoms with Crippen LogP contribution >= 0.6 is 0 Å². The quantitative estimate of drug-likeness (QED) is 0.686. The minimum atomic E-state index is -0.249. The second kappa shape index (κ2) is 5.81. The minimum absolute atomic E-state index is 0.102. The van der Waals surface area contributed by atoms with Crippen LogP contribution in [0.1, 0.15) is 5.56 Å². The number of nitrogens with one attached hydrogen (secondary N) is 3. The largest absolute Gasteiger partial charge is 0.486 e. The van der Waals surface area contributed by atoms with Crippen molar-refractivity contribution in [3.05, 3.63) is 58.5 Å². The number of rotatable bonds is 4. The first-order valence-electron chi connectivity index (χ1n) is 7.59. The molecule has 1 atom stereocenters. The monoisotopic (exact) mass is 311 g/mol. The van der Waals surface area contributed by atoms with Crippen molar-refractivity contribution in [2.45, 2.75) is 12.6 Å². The molecule has 0 aliphatic carbocycles. The van der Waals surface area contributed by atoms with Crippen molar-refractivity contribution in [3.63, 3.8) is 0 Å². The van der Waals surface area contributed by atoms with Gasteiger partial charge in [0.25, 0.3) is 0 Å². The van der Waals surface area contributed by atoms with Gasteiger partial charge in [-0.2, -0.15) is 0 Å². The molecule has 1 aromatic heterocycles. The van der Waals surface area contributed by atoms with E-state index in [1.165, 1.54) is 5.56 Å². The van der Waals surface area contributed by atoms with Gasteiger partial charge in [0, 0.05) is 13.1 Å². The summed E-state index contributed by atoms with van der Waals surface area (Å²) >= 11 is 0. The molecule has 0 bridgehead atoms. The highest BCUT2D eigenvalue weighted by Gasteiger charge is 2.23. The Labute approximate surface area is 132 Å². The second-order valence-electron chi connectivity index (χ2n) is 5.56. The normalized spacial score (nSPS) is 16.6. The summed E-state index contributed by atoms with van der Waals surface area (Å²) in [6.07, 6.45) is -0.102. The zero-order chi connectivity index (χ0) is 15.6. The molecule has 0 saturated heterocycles. The zero-order valence-corrected chi connectivity index (χ0v) is 12.5. The van der Waals surface area contributed by atoms with E-state index in [0.29, 0.717) is 30.2 Å². The number of aromatic nitrogens is 2. The first kappa shape index (κ1) is 13.9. The van der Waals surface area contributed by atoms with Crippen LogP contribution in [-0.4, -0.2) is 29.2 Å². The molecule has 2 aromatic carbocycles. The van der Waals surface area contributed by atoms with Crippen molar-refractivity contribution in [1.82, 2.24) is 15.3 Å². The molecule has 1 unspecified atom stereocenters. The lowest BCUT2D eigenvalue weighted by Crippen LogP contribution is -2.38. The molecule has 0 spiro atoms. The van der Waals surface area contributed by atoms with E-state index in [0.717, 1.165) is 12.1 Å². The maximum absolute atomic E-state index is 11.5. The molecule has 1 aliphatic heterocycles. The Balaban J connectivity index is 1.45. The molecular weight excluding hydrogens is 294 g/mol. The van der Waals surface area contributed by atoms with E-state index in [1.54, 1.807) is 0 Å². The van der Waals surface area contributed by atoms with Gasteiger partial charge in [-0.1, -0.05) is 30.3 Å². The van der Waals surface area contributed by atoms with Crippen LogP contribution in [0.2, 0.25) is 0 Å². The van der Waals surface area contributed by atoms with Crippen LogP contribution in [0, 0.1) is 0 Å². The summed E-state index contributed by atoms with van der Waals surface area (Å²) in [5.41, 5.74) is 2.35. The molecule has 4 rings (SSSR count). The van der Waals surface area contributed by atoms with Gasteiger partial charge in [0.05, 0.1) is 5.52 Å². The molecule has 6 heteroatoms. The number of imidazole rings is 1. The minimum Gasteiger partial charge on any atom is -0.486 e. The number of fused-ring (bicyclic) bond motifs is 3. The molecule has 1 aliphatic rings. The predicted octanol–water partition coefficient (Wildman–Crippen LogP) is 1.79. The van der Waals surface area contributed by atoms with Gasteiger partial charge in [0.2, 0.25) is 0 Å². The summed E-state index contributed by atoms with van der Waals surface area (Å²) in [6, 6.07) is 13.8. The number of benzene rings is 2. The van der Waals surface area contributed by atoms with Gasteiger partial charge in [-0.15, -0.1) is 0 Å². The summed E-state index contributed by atoms with van der Waals surface area (Å²) in [4.78, 5) is 16.9. The predicted molar refractivity (Wildman–Crippen MR) is 87.0 cm³/mol. The third-order valence-corrected chi connectivity index (χ3v) is 3.86. The SMILES string of the molecule is O=c1[nH]c2ccc3c(c2[nH]1)OC(CNCc1ccccc1)CO3. The fraction of sp³-hybridized carbons (Fsp3) is 0.235. The first-order valence-corrected chi connectivity index (χ1v) is 7.59.